The molecule has 2 aliphatic rings. The van der Waals surface area contributed by atoms with Crippen molar-refractivity contribution < 1.29 is 9.59 Å². The van der Waals surface area contributed by atoms with Gasteiger partial charge in [-0.15, -0.1) is 0 Å². The van der Waals surface area contributed by atoms with Crippen LogP contribution in [-0.2, 0) is 16.0 Å². The van der Waals surface area contributed by atoms with E-state index in [2.05, 4.69) is 22.0 Å². The van der Waals surface area contributed by atoms with Crippen molar-refractivity contribution in [3.05, 3.63) is 78.0 Å². The highest BCUT2D eigenvalue weighted by Crippen LogP contribution is 2.33. The van der Waals surface area contributed by atoms with Crippen molar-refractivity contribution in [2.24, 2.45) is 0 Å². The number of fused-ring (bicyclic) bond motifs is 4. The van der Waals surface area contributed by atoms with Crippen LogP contribution in [-0.4, -0.2) is 28.7 Å². The molecule has 3 aromatic rings. The summed E-state index contributed by atoms with van der Waals surface area (Å²) < 4.78 is 2.08. The van der Waals surface area contributed by atoms with E-state index in [1.165, 1.54) is 22.9 Å². The molecule has 30 heavy (non-hydrogen) atoms. The van der Waals surface area contributed by atoms with Crippen molar-refractivity contribution in [1.82, 2.24) is 9.88 Å². The van der Waals surface area contributed by atoms with Gasteiger partial charge in [0.2, 0.25) is 11.8 Å². The molecule has 1 N–H and O–H groups in total. The van der Waals surface area contributed by atoms with Gasteiger partial charge in [0.1, 0.15) is 6.54 Å². The monoisotopic (exact) mass is 417 g/mol. The van der Waals surface area contributed by atoms with Crippen molar-refractivity contribution in [2.75, 3.05) is 17.2 Å². The molecule has 1 aliphatic heterocycles. The zero-order chi connectivity index (χ0) is 20.5. The van der Waals surface area contributed by atoms with Gasteiger partial charge in [-0.3, -0.25) is 9.59 Å². The van der Waals surface area contributed by atoms with Gasteiger partial charge in [-0.2, -0.15) is 0 Å². The molecule has 0 fully saturated rings. The van der Waals surface area contributed by atoms with Gasteiger partial charge in [-0.25, -0.2) is 0 Å². The number of amides is 2. The van der Waals surface area contributed by atoms with E-state index in [0.29, 0.717) is 5.75 Å². The second-order valence-electron chi connectivity index (χ2n) is 7.68. The summed E-state index contributed by atoms with van der Waals surface area (Å²) in [5.41, 5.74) is 4.18. The molecule has 1 atom stereocenters. The summed E-state index contributed by atoms with van der Waals surface area (Å²) in [6, 6.07) is 20.1. The highest BCUT2D eigenvalue weighted by atomic mass is 32.2. The smallest absolute Gasteiger partial charge is 0.240 e. The molecular weight excluding hydrogens is 394 g/mol. The Hall–Kier alpha value is -2.99. The third kappa shape index (κ3) is 3.52. The minimum Gasteiger partial charge on any atom is -0.348 e. The lowest BCUT2D eigenvalue weighted by atomic mass is 9.88. The van der Waals surface area contributed by atoms with E-state index in [9.17, 15) is 9.59 Å². The summed E-state index contributed by atoms with van der Waals surface area (Å²) in [4.78, 5) is 27.6. The van der Waals surface area contributed by atoms with Crippen LogP contribution in [0.4, 0.5) is 5.69 Å². The van der Waals surface area contributed by atoms with Crippen LogP contribution in [0.1, 0.15) is 30.0 Å². The third-order valence-electron chi connectivity index (χ3n) is 5.79. The summed E-state index contributed by atoms with van der Waals surface area (Å²) in [6.07, 6.45) is 5.03. The number of thioether (sulfide) groups is 1. The van der Waals surface area contributed by atoms with Crippen LogP contribution in [0.5, 0.6) is 0 Å². The molecule has 2 heterocycles. The molecule has 0 bridgehead atoms. The number of benzene rings is 2. The lowest BCUT2D eigenvalue weighted by Crippen LogP contribution is -2.44. The van der Waals surface area contributed by atoms with Crippen molar-refractivity contribution in [3.8, 4) is 5.69 Å². The number of anilines is 1. The maximum absolute atomic E-state index is 13.0. The maximum atomic E-state index is 13.0. The fourth-order valence-electron chi connectivity index (χ4n) is 4.39. The van der Waals surface area contributed by atoms with Crippen molar-refractivity contribution >= 4 is 29.3 Å². The summed E-state index contributed by atoms with van der Waals surface area (Å²) in [6.45, 7) is 0.0195. The van der Waals surface area contributed by atoms with E-state index in [-0.39, 0.29) is 24.4 Å². The number of hydrogen-bond donors (Lipinski definition) is 1. The van der Waals surface area contributed by atoms with Gasteiger partial charge in [-0.05, 0) is 54.7 Å². The summed E-state index contributed by atoms with van der Waals surface area (Å²) in [5, 5.41) is 4.20. The number of nitrogens with zero attached hydrogens (tertiary/aromatic N) is 2. The quantitative estimate of drug-likeness (QED) is 0.698. The number of nitrogens with one attached hydrogen (secondary N) is 1. The Morgan fingerprint density at radius 3 is 2.73 bits per heavy atom. The van der Waals surface area contributed by atoms with Gasteiger partial charge in [0.05, 0.1) is 28.2 Å². The molecule has 2 aromatic carbocycles. The zero-order valence-electron chi connectivity index (χ0n) is 16.6. The maximum Gasteiger partial charge on any atom is 0.240 e. The van der Waals surface area contributed by atoms with E-state index < -0.39 is 0 Å². The fourth-order valence-corrected chi connectivity index (χ4v) is 5.29. The molecule has 1 aromatic heterocycles. The van der Waals surface area contributed by atoms with Crippen LogP contribution in [0.15, 0.2) is 71.9 Å². The Bertz CT molecular complexity index is 1110. The molecule has 5 nitrogen and oxygen atoms in total. The lowest BCUT2D eigenvalue weighted by Gasteiger charge is -2.30. The Morgan fingerprint density at radius 2 is 1.83 bits per heavy atom. The molecule has 0 unspecified atom stereocenters. The van der Waals surface area contributed by atoms with E-state index in [1.54, 1.807) is 4.90 Å². The van der Waals surface area contributed by atoms with E-state index in [1.807, 2.05) is 54.7 Å². The summed E-state index contributed by atoms with van der Waals surface area (Å²) in [7, 11) is 0. The van der Waals surface area contributed by atoms with E-state index >= 15 is 0 Å². The first-order valence-corrected chi connectivity index (χ1v) is 11.3. The number of aromatic nitrogens is 1. The van der Waals surface area contributed by atoms with Gasteiger partial charge in [0.15, 0.2) is 0 Å². The van der Waals surface area contributed by atoms with E-state index in [4.69, 9.17) is 0 Å². The molecule has 5 rings (SSSR count). The topological polar surface area (TPSA) is 54.3 Å². The number of para-hydroxylation sites is 2. The number of carbonyl (C=O) groups is 2. The molecule has 0 saturated carbocycles. The summed E-state index contributed by atoms with van der Waals surface area (Å²) >= 11 is 1.50. The highest BCUT2D eigenvalue weighted by Gasteiger charge is 2.27. The van der Waals surface area contributed by atoms with Gasteiger partial charge in [-0.1, -0.05) is 48.2 Å². The largest absolute Gasteiger partial charge is 0.348 e. The second kappa shape index (κ2) is 8.03. The molecule has 1 aliphatic carbocycles. The van der Waals surface area contributed by atoms with Gasteiger partial charge in [0, 0.05) is 6.20 Å². The molecule has 0 saturated heterocycles. The Kier molecular flexibility index (Phi) is 5.09. The summed E-state index contributed by atoms with van der Waals surface area (Å²) in [5.74, 6) is 0.120. The normalized spacial score (nSPS) is 17.9. The predicted octanol–water partition coefficient (Wildman–Crippen LogP) is 4.11. The van der Waals surface area contributed by atoms with Crippen molar-refractivity contribution in [1.29, 1.82) is 0 Å². The first kappa shape index (κ1) is 19.0. The van der Waals surface area contributed by atoms with Crippen molar-refractivity contribution in [2.45, 2.75) is 30.3 Å². The number of hydrogen-bond acceptors (Lipinski definition) is 3. The average molecular weight is 418 g/mol. The minimum absolute atomic E-state index is 0.00739. The minimum atomic E-state index is -0.127. The standard InChI is InChI=1S/C24H23N3O2S/c28-22(25-19-10-5-8-17-7-1-2-9-18(17)19)15-27-21-12-4-3-11-20(21)26-14-6-13-24(26)30-16-23(27)29/h1-4,6-7,9,11-14,19H,5,8,10,15-16H2,(H,25,28)/t19-/m0/s1. The molecule has 0 radical (unpaired) electrons. The molecule has 152 valence electrons. The van der Waals surface area contributed by atoms with Gasteiger partial charge < -0.3 is 14.8 Å². The number of carbonyl (C=O) groups excluding carboxylic acids is 2. The molecular formula is C24H23N3O2S. The van der Waals surface area contributed by atoms with E-state index in [0.717, 1.165) is 35.7 Å². The molecule has 6 heteroatoms. The Morgan fingerprint density at radius 1 is 1.03 bits per heavy atom. The molecule has 0 spiro atoms. The Labute approximate surface area is 180 Å². The van der Waals surface area contributed by atoms with Gasteiger partial charge in [0.25, 0.3) is 0 Å². The van der Waals surface area contributed by atoms with Crippen LogP contribution < -0.4 is 10.2 Å². The SMILES string of the molecule is O=C(CN1C(=O)CSc2cccn2-c2ccccc21)N[C@H]1CCCc2ccccc21. The van der Waals surface area contributed by atoms with Crippen LogP contribution >= 0.6 is 11.8 Å². The highest BCUT2D eigenvalue weighted by molar-refractivity contribution is 7.99. The average Bonchev–Trinajstić information content (AvgIpc) is 3.23. The van der Waals surface area contributed by atoms with Crippen molar-refractivity contribution in [3.63, 3.8) is 0 Å². The van der Waals surface area contributed by atoms with Gasteiger partial charge >= 0.3 is 0 Å². The number of aryl methyl sites for hydroxylation is 1. The van der Waals surface area contributed by atoms with Crippen LogP contribution in [0.2, 0.25) is 0 Å². The Balaban J connectivity index is 1.41. The predicted molar refractivity (Wildman–Crippen MR) is 119 cm³/mol. The van der Waals surface area contributed by atoms with Crippen LogP contribution in [0.25, 0.3) is 5.69 Å². The zero-order valence-corrected chi connectivity index (χ0v) is 17.4. The first-order valence-electron chi connectivity index (χ1n) is 10.3. The number of rotatable bonds is 3. The fraction of sp³-hybridized carbons (Fsp3) is 0.250. The first-order chi connectivity index (χ1) is 14.7. The lowest BCUT2D eigenvalue weighted by molar-refractivity contribution is -0.123. The molecule has 2 amide bonds. The third-order valence-corrected chi connectivity index (χ3v) is 6.81. The second-order valence-corrected chi connectivity index (χ2v) is 8.68. The van der Waals surface area contributed by atoms with Crippen LogP contribution in [0, 0.1) is 0 Å². The van der Waals surface area contributed by atoms with Crippen LogP contribution in [0.3, 0.4) is 0 Å².